The number of halogens is 3. The maximum Gasteiger partial charge on any atom is 0.416 e. The Kier molecular flexibility index (Phi) is 4.61. The number of alkyl halides is 3. The van der Waals surface area contributed by atoms with Crippen LogP contribution in [0.5, 0.6) is 0 Å². The highest BCUT2D eigenvalue weighted by atomic mass is 19.4. The van der Waals surface area contributed by atoms with Crippen LogP contribution in [0.2, 0.25) is 0 Å². The van der Waals surface area contributed by atoms with E-state index in [-0.39, 0.29) is 23.7 Å². The average molecular weight is 388 g/mol. The van der Waals surface area contributed by atoms with Crippen molar-refractivity contribution in [2.75, 3.05) is 16.8 Å². The average Bonchev–Trinajstić information content (AvgIpc) is 3.36. The van der Waals surface area contributed by atoms with Gasteiger partial charge in [0.05, 0.1) is 16.9 Å². The van der Waals surface area contributed by atoms with Crippen LogP contribution in [-0.4, -0.2) is 18.4 Å². The Morgan fingerprint density at radius 1 is 1.07 bits per heavy atom. The van der Waals surface area contributed by atoms with Gasteiger partial charge in [0.25, 0.3) is 0 Å². The highest BCUT2D eigenvalue weighted by molar-refractivity contribution is 6.03. The molecule has 7 heteroatoms. The molecule has 1 heterocycles. The molecule has 4 nitrogen and oxygen atoms in total. The maximum absolute atomic E-state index is 12.7. The number of carbonyl (C=O) groups is 2. The van der Waals surface area contributed by atoms with Crippen molar-refractivity contribution in [2.45, 2.75) is 31.4 Å². The predicted octanol–water partition coefficient (Wildman–Crippen LogP) is 4.57. The van der Waals surface area contributed by atoms with Crippen molar-refractivity contribution in [1.82, 2.24) is 0 Å². The van der Waals surface area contributed by atoms with Gasteiger partial charge in [-0.25, -0.2) is 0 Å². The van der Waals surface area contributed by atoms with E-state index in [1.807, 2.05) is 6.07 Å². The molecule has 0 bridgehead atoms. The minimum absolute atomic E-state index is 0.0377. The fourth-order valence-corrected chi connectivity index (χ4v) is 3.72. The number of nitrogens with one attached hydrogen (secondary N) is 1. The van der Waals surface area contributed by atoms with E-state index in [1.165, 1.54) is 12.1 Å². The molecule has 28 heavy (non-hydrogen) atoms. The number of nitrogens with zero attached hydrogens (tertiary/aromatic N) is 1. The number of hydrogen-bond donors (Lipinski definition) is 1. The first-order chi connectivity index (χ1) is 13.3. The van der Waals surface area contributed by atoms with E-state index in [2.05, 4.69) is 5.32 Å². The van der Waals surface area contributed by atoms with Crippen molar-refractivity contribution in [3.63, 3.8) is 0 Å². The molecular formula is C21H19F3N2O2. The predicted molar refractivity (Wildman–Crippen MR) is 99.0 cm³/mol. The van der Waals surface area contributed by atoms with Crippen LogP contribution in [0.15, 0.2) is 48.5 Å². The van der Waals surface area contributed by atoms with Gasteiger partial charge in [0.15, 0.2) is 0 Å². The lowest BCUT2D eigenvalue weighted by Crippen LogP contribution is -2.26. The molecule has 0 spiro atoms. The van der Waals surface area contributed by atoms with Crippen molar-refractivity contribution in [2.24, 2.45) is 5.92 Å². The molecule has 1 aliphatic heterocycles. The quantitative estimate of drug-likeness (QED) is 0.834. The lowest BCUT2D eigenvalue weighted by atomic mass is 10.1. The smallest absolute Gasteiger partial charge is 0.324 e. The number of hydrogen-bond acceptors (Lipinski definition) is 2. The molecule has 1 saturated heterocycles. The van der Waals surface area contributed by atoms with E-state index >= 15 is 0 Å². The van der Waals surface area contributed by atoms with Crippen LogP contribution >= 0.6 is 0 Å². The van der Waals surface area contributed by atoms with Gasteiger partial charge in [-0.05, 0) is 48.6 Å². The molecule has 2 amide bonds. The van der Waals surface area contributed by atoms with Crippen molar-refractivity contribution in [3.05, 3.63) is 59.7 Å². The zero-order valence-corrected chi connectivity index (χ0v) is 15.0. The van der Waals surface area contributed by atoms with Crippen LogP contribution in [0.4, 0.5) is 24.5 Å². The van der Waals surface area contributed by atoms with Gasteiger partial charge in [-0.1, -0.05) is 24.3 Å². The first-order valence-electron chi connectivity index (χ1n) is 9.22. The summed E-state index contributed by atoms with van der Waals surface area (Å²) in [7, 11) is 0. The molecule has 2 aliphatic rings. The molecule has 1 saturated carbocycles. The third-order valence-corrected chi connectivity index (χ3v) is 5.32. The summed E-state index contributed by atoms with van der Waals surface area (Å²) in [5.74, 6) is -0.498. The van der Waals surface area contributed by atoms with Gasteiger partial charge >= 0.3 is 6.18 Å². The Morgan fingerprint density at radius 3 is 2.43 bits per heavy atom. The zero-order chi connectivity index (χ0) is 19.9. The van der Waals surface area contributed by atoms with E-state index < -0.39 is 11.7 Å². The summed E-state index contributed by atoms with van der Waals surface area (Å²) in [6.07, 6.45) is -2.47. The lowest BCUT2D eigenvalue weighted by molar-refractivity contribution is -0.137. The van der Waals surface area contributed by atoms with Gasteiger partial charge in [0.2, 0.25) is 11.8 Å². The van der Waals surface area contributed by atoms with Crippen LogP contribution in [0, 0.1) is 5.92 Å². The summed E-state index contributed by atoms with van der Waals surface area (Å²) in [4.78, 5) is 26.3. The molecule has 0 aromatic heterocycles. The minimum Gasteiger partial charge on any atom is -0.324 e. The summed E-state index contributed by atoms with van der Waals surface area (Å²) >= 11 is 0. The Labute approximate surface area is 160 Å². The SMILES string of the molecule is O=C(Nc1ccccc1N1CCCC1=O)C1CC1c1ccc(C(F)(F)F)cc1. The number of amides is 2. The van der Waals surface area contributed by atoms with E-state index in [9.17, 15) is 22.8 Å². The van der Waals surface area contributed by atoms with E-state index in [0.717, 1.165) is 24.1 Å². The molecule has 146 valence electrons. The number of benzene rings is 2. The standard InChI is InChI=1S/C21H19F3N2O2/c22-21(23,24)14-9-7-13(8-10-14)15-12-16(15)20(28)25-17-4-1-2-5-18(17)26-11-3-6-19(26)27/h1-2,4-5,7-10,15-16H,3,6,11-12H2,(H,25,28). The van der Waals surface area contributed by atoms with Crippen molar-refractivity contribution in [3.8, 4) is 0 Å². The minimum atomic E-state index is -4.37. The second-order valence-corrected chi connectivity index (χ2v) is 7.22. The van der Waals surface area contributed by atoms with Gasteiger partial charge in [-0.15, -0.1) is 0 Å². The number of anilines is 2. The van der Waals surface area contributed by atoms with Gasteiger partial charge < -0.3 is 10.2 Å². The van der Waals surface area contributed by atoms with Crippen molar-refractivity contribution < 1.29 is 22.8 Å². The normalized spacial score (nSPS) is 21.7. The lowest BCUT2D eigenvalue weighted by Gasteiger charge is -2.20. The largest absolute Gasteiger partial charge is 0.416 e. The maximum atomic E-state index is 12.7. The topological polar surface area (TPSA) is 49.4 Å². The third kappa shape index (κ3) is 3.61. The first kappa shape index (κ1) is 18.5. The van der Waals surface area contributed by atoms with Crippen molar-refractivity contribution in [1.29, 1.82) is 0 Å². The van der Waals surface area contributed by atoms with Crippen LogP contribution in [0.3, 0.4) is 0 Å². The monoisotopic (exact) mass is 388 g/mol. The van der Waals surface area contributed by atoms with Gasteiger partial charge in [0.1, 0.15) is 0 Å². The molecule has 0 radical (unpaired) electrons. The Hall–Kier alpha value is -2.83. The summed E-state index contributed by atoms with van der Waals surface area (Å²) in [5.41, 5.74) is 1.31. The third-order valence-electron chi connectivity index (χ3n) is 5.32. The molecule has 2 atom stereocenters. The first-order valence-corrected chi connectivity index (χ1v) is 9.22. The molecule has 1 N–H and O–H groups in total. The molecule has 2 aromatic rings. The van der Waals surface area contributed by atoms with Gasteiger partial charge in [-0.2, -0.15) is 13.2 Å². The second kappa shape index (κ2) is 6.96. The van der Waals surface area contributed by atoms with E-state index in [4.69, 9.17) is 0 Å². The number of rotatable bonds is 4. The van der Waals surface area contributed by atoms with Crippen molar-refractivity contribution >= 4 is 23.2 Å². The second-order valence-electron chi connectivity index (χ2n) is 7.22. The molecular weight excluding hydrogens is 369 g/mol. The Morgan fingerprint density at radius 2 is 1.79 bits per heavy atom. The molecule has 2 fully saturated rings. The molecule has 2 unspecified atom stereocenters. The van der Waals surface area contributed by atoms with Crippen LogP contribution in [-0.2, 0) is 15.8 Å². The highest BCUT2D eigenvalue weighted by Gasteiger charge is 2.44. The highest BCUT2D eigenvalue weighted by Crippen LogP contribution is 2.48. The summed E-state index contributed by atoms with van der Waals surface area (Å²) < 4.78 is 38.1. The van der Waals surface area contributed by atoms with Crippen LogP contribution in [0.25, 0.3) is 0 Å². The summed E-state index contributed by atoms with van der Waals surface area (Å²) in [6, 6.07) is 12.2. The zero-order valence-electron chi connectivity index (χ0n) is 15.0. The summed E-state index contributed by atoms with van der Waals surface area (Å²) in [5, 5.41) is 2.89. The summed E-state index contributed by atoms with van der Waals surface area (Å²) in [6.45, 7) is 0.628. The Bertz CT molecular complexity index is 909. The number of para-hydroxylation sites is 2. The fraction of sp³-hybridized carbons (Fsp3) is 0.333. The fourth-order valence-electron chi connectivity index (χ4n) is 3.72. The number of carbonyl (C=O) groups excluding carboxylic acids is 2. The van der Waals surface area contributed by atoms with E-state index in [0.29, 0.717) is 30.8 Å². The molecule has 4 rings (SSSR count). The molecule has 1 aliphatic carbocycles. The van der Waals surface area contributed by atoms with Crippen LogP contribution in [0.1, 0.15) is 36.3 Å². The Balaban J connectivity index is 1.44. The molecule has 2 aromatic carbocycles. The van der Waals surface area contributed by atoms with E-state index in [1.54, 1.807) is 23.1 Å². The van der Waals surface area contributed by atoms with Gasteiger partial charge in [0, 0.05) is 18.9 Å². The van der Waals surface area contributed by atoms with Crippen LogP contribution < -0.4 is 10.2 Å². The van der Waals surface area contributed by atoms with Gasteiger partial charge in [-0.3, -0.25) is 9.59 Å².